The molecule has 0 radical (unpaired) electrons. The minimum absolute atomic E-state index is 0.00712. The molecule has 31 heavy (non-hydrogen) atoms. The molecule has 1 atom stereocenters. The number of piperidine rings is 1. The molecule has 166 valence electrons. The van der Waals surface area contributed by atoms with E-state index in [9.17, 15) is 4.79 Å². The van der Waals surface area contributed by atoms with Gasteiger partial charge in [-0.05, 0) is 50.8 Å². The first-order chi connectivity index (χ1) is 15.2. The van der Waals surface area contributed by atoms with Gasteiger partial charge in [0.25, 0.3) is 0 Å². The van der Waals surface area contributed by atoms with Crippen LogP contribution >= 0.6 is 0 Å². The SMILES string of the molecule is CCCOc1cc(OCCC)c2c(c1)C(=O)c1cccc(OCCC3CCCCN3)c1-2. The Kier molecular flexibility index (Phi) is 7.13. The van der Waals surface area contributed by atoms with Crippen molar-refractivity contribution < 1.29 is 19.0 Å². The molecular formula is C26H33NO4. The number of carbonyl (C=O) groups excluding carboxylic acids is 1. The minimum Gasteiger partial charge on any atom is -0.493 e. The van der Waals surface area contributed by atoms with Crippen LogP contribution in [-0.4, -0.2) is 38.2 Å². The Morgan fingerprint density at radius 3 is 2.45 bits per heavy atom. The van der Waals surface area contributed by atoms with Crippen LogP contribution in [0.1, 0.15) is 68.3 Å². The van der Waals surface area contributed by atoms with Crippen LogP contribution in [0.4, 0.5) is 0 Å². The number of rotatable bonds is 10. The number of ether oxygens (including phenoxy) is 3. The molecule has 1 aliphatic carbocycles. The Labute approximate surface area is 185 Å². The predicted octanol–water partition coefficient (Wildman–Crippen LogP) is 5.39. The maximum absolute atomic E-state index is 13.2. The summed E-state index contributed by atoms with van der Waals surface area (Å²) in [6, 6.07) is 10.0. The van der Waals surface area contributed by atoms with Gasteiger partial charge in [0.1, 0.15) is 17.2 Å². The number of carbonyl (C=O) groups is 1. The van der Waals surface area contributed by atoms with E-state index in [2.05, 4.69) is 19.2 Å². The molecule has 2 aliphatic rings. The van der Waals surface area contributed by atoms with Crippen molar-refractivity contribution in [2.45, 2.75) is 58.4 Å². The summed E-state index contributed by atoms with van der Waals surface area (Å²) in [4.78, 5) is 13.2. The molecule has 2 aromatic carbocycles. The first-order valence-corrected chi connectivity index (χ1v) is 11.7. The van der Waals surface area contributed by atoms with Gasteiger partial charge in [0.2, 0.25) is 0 Å². The molecule has 0 bridgehead atoms. The number of nitrogens with one attached hydrogen (secondary N) is 1. The fraction of sp³-hybridized carbons (Fsp3) is 0.500. The summed E-state index contributed by atoms with van der Waals surface area (Å²) in [6.45, 7) is 7.05. The number of ketones is 1. The van der Waals surface area contributed by atoms with E-state index in [1.807, 2.05) is 30.3 Å². The van der Waals surface area contributed by atoms with E-state index in [-0.39, 0.29) is 5.78 Å². The van der Waals surface area contributed by atoms with Crippen molar-refractivity contribution >= 4 is 5.78 Å². The van der Waals surface area contributed by atoms with Gasteiger partial charge in [0.05, 0.1) is 19.8 Å². The summed E-state index contributed by atoms with van der Waals surface area (Å²) in [5.41, 5.74) is 3.01. The molecule has 1 N–H and O–H groups in total. The molecule has 1 unspecified atom stereocenters. The lowest BCUT2D eigenvalue weighted by Crippen LogP contribution is -2.35. The third kappa shape index (κ3) is 4.72. The maximum atomic E-state index is 13.2. The van der Waals surface area contributed by atoms with E-state index in [1.165, 1.54) is 19.3 Å². The highest BCUT2D eigenvalue weighted by Crippen LogP contribution is 2.49. The predicted molar refractivity (Wildman–Crippen MR) is 123 cm³/mol. The van der Waals surface area contributed by atoms with Crippen LogP contribution in [-0.2, 0) is 0 Å². The van der Waals surface area contributed by atoms with Crippen molar-refractivity contribution in [3.63, 3.8) is 0 Å². The van der Waals surface area contributed by atoms with E-state index in [1.54, 1.807) is 0 Å². The van der Waals surface area contributed by atoms with Crippen LogP contribution < -0.4 is 19.5 Å². The van der Waals surface area contributed by atoms with Gasteiger partial charge in [-0.25, -0.2) is 0 Å². The van der Waals surface area contributed by atoms with Crippen LogP contribution in [0.15, 0.2) is 30.3 Å². The highest BCUT2D eigenvalue weighted by atomic mass is 16.5. The Bertz CT molecular complexity index is 918. The zero-order valence-corrected chi connectivity index (χ0v) is 18.7. The van der Waals surface area contributed by atoms with Crippen molar-refractivity contribution in [2.24, 2.45) is 0 Å². The molecule has 0 saturated carbocycles. The highest BCUT2D eigenvalue weighted by Gasteiger charge is 2.33. The topological polar surface area (TPSA) is 56.8 Å². The molecule has 0 amide bonds. The quantitative estimate of drug-likeness (QED) is 0.474. The van der Waals surface area contributed by atoms with Gasteiger partial charge in [0.15, 0.2) is 5.78 Å². The lowest BCUT2D eigenvalue weighted by molar-refractivity contribution is 0.104. The van der Waals surface area contributed by atoms with Crippen molar-refractivity contribution in [1.82, 2.24) is 5.32 Å². The second-order valence-electron chi connectivity index (χ2n) is 8.33. The van der Waals surface area contributed by atoms with Gasteiger partial charge in [-0.1, -0.05) is 32.4 Å². The fourth-order valence-electron chi connectivity index (χ4n) is 4.38. The molecule has 2 aromatic rings. The van der Waals surface area contributed by atoms with Crippen LogP contribution in [0.2, 0.25) is 0 Å². The van der Waals surface area contributed by atoms with E-state index >= 15 is 0 Å². The largest absolute Gasteiger partial charge is 0.493 e. The summed E-state index contributed by atoms with van der Waals surface area (Å²) in [5.74, 6) is 2.14. The van der Waals surface area contributed by atoms with Crippen molar-refractivity contribution in [3.8, 4) is 28.4 Å². The summed E-state index contributed by atoms with van der Waals surface area (Å²) in [5, 5.41) is 3.57. The first-order valence-electron chi connectivity index (χ1n) is 11.7. The van der Waals surface area contributed by atoms with E-state index < -0.39 is 0 Å². The molecule has 1 saturated heterocycles. The third-order valence-electron chi connectivity index (χ3n) is 5.91. The molecule has 1 aliphatic heterocycles. The Morgan fingerprint density at radius 1 is 0.903 bits per heavy atom. The number of hydrogen-bond donors (Lipinski definition) is 1. The maximum Gasteiger partial charge on any atom is 0.194 e. The Hall–Kier alpha value is -2.53. The van der Waals surface area contributed by atoms with Gasteiger partial charge < -0.3 is 19.5 Å². The molecule has 0 aromatic heterocycles. The average molecular weight is 424 g/mol. The normalized spacial score (nSPS) is 17.2. The van der Waals surface area contributed by atoms with Gasteiger partial charge in [-0.15, -0.1) is 0 Å². The molecule has 5 heteroatoms. The van der Waals surface area contributed by atoms with Gasteiger partial charge in [-0.2, -0.15) is 0 Å². The van der Waals surface area contributed by atoms with Gasteiger partial charge >= 0.3 is 0 Å². The Morgan fingerprint density at radius 2 is 1.68 bits per heavy atom. The van der Waals surface area contributed by atoms with Gasteiger partial charge in [-0.3, -0.25) is 4.79 Å². The number of fused-ring (bicyclic) bond motifs is 3. The lowest BCUT2D eigenvalue weighted by atomic mass is 10.0. The minimum atomic E-state index is 0.00712. The summed E-state index contributed by atoms with van der Waals surface area (Å²) >= 11 is 0. The zero-order chi connectivity index (χ0) is 21.6. The second-order valence-corrected chi connectivity index (χ2v) is 8.33. The van der Waals surface area contributed by atoms with Crippen molar-refractivity contribution in [1.29, 1.82) is 0 Å². The van der Waals surface area contributed by atoms with E-state index in [0.29, 0.717) is 48.5 Å². The average Bonchev–Trinajstić information content (AvgIpc) is 3.10. The first kappa shape index (κ1) is 21.7. The Balaban J connectivity index is 1.63. The summed E-state index contributed by atoms with van der Waals surface area (Å²) in [7, 11) is 0. The van der Waals surface area contributed by atoms with Crippen molar-refractivity contribution in [2.75, 3.05) is 26.4 Å². The highest BCUT2D eigenvalue weighted by molar-refractivity contribution is 6.23. The molecule has 1 fully saturated rings. The standard InChI is InChI=1S/C26H33NO4/c1-3-13-29-19-16-21-25(23(17-19)30-14-4-2)24-20(26(21)28)9-7-10-22(24)31-15-11-18-8-5-6-12-27-18/h7,9-10,16-18,27H,3-6,8,11-15H2,1-2H3. The summed E-state index contributed by atoms with van der Waals surface area (Å²) in [6.07, 6.45) is 6.50. The fourth-order valence-corrected chi connectivity index (χ4v) is 4.38. The molecular weight excluding hydrogens is 390 g/mol. The molecule has 5 nitrogen and oxygen atoms in total. The van der Waals surface area contributed by atoms with Gasteiger partial charge in [0, 0.05) is 34.4 Å². The zero-order valence-electron chi connectivity index (χ0n) is 18.7. The van der Waals surface area contributed by atoms with E-state index in [0.717, 1.165) is 42.7 Å². The lowest BCUT2D eigenvalue weighted by Gasteiger charge is -2.23. The molecule has 4 rings (SSSR count). The van der Waals surface area contributed by atoms with Crippen molar-refractivity contribution in [3.05, 3.63) is 41.5 Å². The van der Waals surface area contributed by atoms with Crippen LogP contribution in [0, 0.1) is 0 Å². The van der Waals surface area contributed by atoms with Crippen LogP contribution in [0.25, 0.3) is 11.1 Å². The number of benzene rings is 2. The third-order valence-corrected chi connectivity index (χ3v) is 5.91. The van der Waals surface area contributed by atoms with E-state index in [4.69, 9.17) is 14.2 Å². The molecule has 0 spiro atoms. The molecule has 1 heterocycles. The van der Waals surface area contributed by atoms with Crippen LogP contribution in [0.3, 0.4) is 0 Å². The monoisotopic (exact) mass is 423 g/mol. The van der Waals surface area contributed by atoms with Crippen LogP contribution in [0.5, 0.6) is 17.2 Å². The summed E-state index contributed by atoms with van der Waals surface area (Å²) < 4.78 is 18.2. The second kappa shape index (κ2) is 10.2. The number of hydrogen-bond acceptors (Lipinski definition) is 5. The smallest absolute Gasteiger partial charge is 0.194 e.